The first kappa shape index (κ1) is 13.1. The molecular weight excluding hydrogens is 230 g/mol. The van der Waals surface area contributed by atoms with Crippen LogP contribution in [0.3, 0.4) is 0 Å². The number of aryl methyl sites for hydroxylation is 1. The van der Waals surface area contributed by atoms with Crippen molar-refractivity contribution in [2.45, 2.75) is 20.1 Å². The van der Waals surface area contributed by atoms with E-state index in [9.17, 15) is 8.42 Å². The Bertz CT molecular complexity index is 439. The second kappa shape index (κ2) is 5.42. The first-order chi connectivity index (χ1) is 7.44. The number of ether oxygens (including phenoxy) is 1. The molecule has 0 fully saturated rings. The minimum absolute atomic E-state index is 0.354. The molecule has 1 aromatic heterocycles. The van der Waals surface area contributed by atoms with Crippen molar-refractivity contribution >= 4 is 10.0 Å². The summed E-state index contributed by atoms with van der Waals surface area (Å²) in [4.78, 5) is 4.18. The normalized spacial score (nSPS) is 11.9. The van der Waals surface area contributed by atoms with Gasteiger partial charge in [-0.1, -0.05) is 0 Å². The topological polar surface area (TPSA) is 73.2 Å². The lowest BCUT2D eigenvalue weighted by Crippen LogP contribution is -2.26. The van der Waals surface area contributed by atoms with Gasteiger partial charge in [-0.3, -0.25) is 0 Å². The molecule has 0 bridgehead atoms. The van der Waals surface area contributed by atoms with Crippen molar-refractivity contribution < 1.29 is 13.2 Å². The molecule has 1 heterocycles. The van der Waals surface area contributed by atoms with Gasteiger partial charge in [0.15, 0.2) is 0 Å². The van der Waals surface area contributed by atoms with E-state index in [1.807, 2.05) is 11.5 Å². The summed E-state index contributed by atoms with van der Waals surface area (Å²) in [6.45, 7) is 3.25. The fourth-order valence-electron chi connectivity index (χ4n) is 1.40. The van der Waals surface area contributed by atoms with Gasteiger partial charge in [0.25, 0.3) is 0 Å². The van der Waals surface area contributed by atoms with E-state index in [0.717, 1.165) is 17.8 Å². The van der Waals surface area contributed by atoms with Crippen LogP contribution in [0.2, 0.25) is 0 Å². The van der Waals surface area contributed by atoms with E-state index in [4.69, 9.17) is 4.74 Å². The van der Waals surface area contributed by atoms with E-state index in [-0.39, 0.29) is 0 Å². The Morgan fingerprint density at radius 1 is 1.56 bits per heavy atom. The fourth-order valence-corrected chi connectivity index (χ4v) is 1.87. The maximum atomic E-state index is 10.9. The molecule has 0 atom stereocenters. The quantitative estimate of drug-likeness (QED) is 0.761. The molecule has 0 unspecified atom stereocenters. The van der Waals surface area contributed by atoms with E-state index in [0.29, 0.717) is 19.7 Å². The van der Waals surface area contributed by atoms with Crippen LogP contribution in [-0.2, 0) is 27.9 Å². The van der Waals surface area contributed by atoms with E-state index < -0.39 is 10.0 Å². The molecule has 0 aliphatic heterocycles. The van der Waals surface area contributed by atoms with Crippen molar-refractivity contribution in [3.63, 3.8) is 0 Å². The first-order valence-electron chi connectivity index (χ1n) is 4.88. The molecule has 0 amide bonds. The molecule has 0 spiro atoms. The average molecular weight is 247 g/mol. The number of imidazole rings is 1. The van der Waals surface area contributed by atoms with Crippen LogP contribution in [0.5, 0.6) is 0 Å². The smallest absolute Gasteiger partial charge is 0.208 e. The number of nitrogens with one attached hydrogen (secondary N) is 1. The zero-order valence-electron chi connectivity index (χ0n) is 9.73. The van der Waals surface area contributed by atoms with E-state index in [1.165, 1.54) is 0 Å². The number of aromatic nitrogens is 2. The number of hydrogen-bond acceptors (Lipinski definition) is 4. The number of rotatable bonds is 6. The third-order valence-corrected chi connectivity index (χ3v) is 2.84. The predicted octanol–water partition coefficient (Wildman–Crippen LogP) is -0.113. The molecule has 0 radical (unpaired) electrons. The summed E-state index contributed by atoms with van der Waals surface area (Å²) >= 11 is 0. The van der Waals surface area contributed by atoms with Crippen molar-refractivity contribution in [3.05, 3.63) is 17.7 Å². The van der Waals surface area contributed by atoms with Gasteiger partial charge >= 0.3 is 0 Å². The standard InChI is InChI=1S/C9H17N3O3S/c1-8-6-10-9(7-15-2)12(8)5-4-11-16(3,13)14/h6,11H,4-5,7H2,1-3H3. The summed E-state index contributed by atoms with van der Waals surface area (Å²) in [6, 6.07) is 0. The van der Waals surface area contributed by atoms with Crippen molar-refractivity contribution in [1.82, 2.24) is 14.3 Å². The van der Waals surface area contributed by atoms with Gasteiger partial charge in [0.1, 0.15) is 12.4 Å². The highest BCUT2D eigenvalue weighted by molar-refractivity contribution is 7.88. The van der Waals surface area contributed by atoms with Gasteiger partial charge in [0, 0.05) is 32.1 Å². The van der Waals surface area contributed by atoms with Crippen molar-refractivity contribution in [2.24, 2.45) is 0 Å². The molecule has 1 aromatic rings. The van der Waals surface area contributed by atoms with Gasteiger partial charge in [-0.15, -0.1) is 0 Å². The van der Waals surface area contributed by atoms with Crippen LogP contribution >= 0.6 is 0 Å². The number of sulfonamides is 1. The maximum absolute atomic E-state index is 10.9. The molecule has 1 N–H and O–H groups in total. The molecule has 0 saturated carbocycles. The van der Waals surface area contributed by atoms with Crippen molar-refractivity contribution in [1.29, 1.82) is 0 Å². The molecule has 1 rings (SSSR count). The third-order valence-electron chi connectivity index (χ3n) is 2.11. The molecule has 16 heavy (non-hydrogen) atoms. The summed E-state index contributed by atoms with van der Waals surface area (Å²) in [5, 5.41) is 0. The molecule has 0 aliphatic rings. The van der Waals surface area contributed by atoms with Gasteiger partial charge in [-0.05, 0) is 6.92 Å². The summed E-state index contributed by atoms with van der Waals surface area (Å²) < 4.78 is 31.2. The third kappa shape index (κ3) is 3.92. The van der Waals surface area contributed by atoms with Crippen LogP contribution in [0, 0.1) is 6.92 Å². The number of methoxy groups -OCH3 is 1. The number of hydrogen-bond donors (Lipinski definition) is 1. The van der Waals surface area contributed by atoms with Gasteiger partial charge in [-0.2, -0.15) is 0 Å². The van der Waals surface area contributed by atoms with Gasteiger partial charge < -0.3 is 9.30 Å². The molecule has 0 saturated heterocycles. The van der Waals surface area contributed by atoms with Crippen LogP contribution in [0.4, 0.5) is 0 Å². The second-order valence-corrected chi connectivity index (χ2v) is 5.40. The highest BCUT2D eigenvalue weighted by Gasteiger charge is 2.07. The molecule has 7 heteroatoms. The Kier molecular flexibility index (Phi) is 4.45. The summed E-state index contributed by atoms with van der Waals surface area (Å²) in [5.74, 6) is 0.801. The molecule has 92 valence electrons. The average Bonchev–Trinajstić information content (AvgIpc) is 2.48. The Hall–Kier alpha value is -0.920. The predicted molar refractivity (Wildman–Crippen MR) is 60.5 cm³/mol. The number of nitrogens with zero attached hydrogens (tertiary/aromatic N) is 2. The zero-order chi connectivity index (χ0) is 12.2. The lowest BCUT2D eigenvalue weighted by Gasteiger charge is -2.09. The highest BCUT2D eigenvalue weighted by atomic mass is 32.2. The molecule has 6 nitrogen and oxygen atoms in total. The highest BCUT2D eigenvalue weighted by Crippen LogP contribution is 2.04. The van der Waals surface area contributed by atoms with Crippen LogP contribution < -0.4 is 4.72 Å². The van der Waals surface area contributed by atoms with E-state index in [2.05, 4.69) is 9.71 Å². The zero-order valence-corrected chi connectivity index (χ0v) is 10.5. The molecule has 0 aromatic carbocycles. The Morgan fingerprint density at radius 3 is 2.81 bits per heavy atom. The SMILES string of the molecule is COCc1ncc(C)n1CCNS(C)(=O)=O. The Balaban J connectivity index is 2.62. The van der Waals surface area contributed by atoms with Crippen molar-refractivity contribution in [3.8, 4) is 0 Å². The van der Waals surface area contributed by atoms with Gasteiger partial charge in [-0.25, -0.2) is 18.1 Å². The van der Waals surface area contributed by atoms with Crippen molar-refractivity contribution in [2.75, 3.05) is 19.9 Å². The maximum Gasteiger partial charge on any atom is 0.208 e. The van der Waals surface area contributed by atoms with Gasteiger partial charge in [0.05, 0.1) is 6.26 Å². The lowest BCUT2D eigenvalue weighted by atomic mass is 10.5. The van der Waals surface area contributed by atoms with E-state index in [1.54, 1.807) is 13.3 Å². The molecule has 0 aliphatic carbocycles. The fraction of sp³-hybridized carbons (Fsp3) is 0.667. The second-order valence-electron chi connectivity index (χ2n) is 3.57. The summed E-state index contributed by atoms with van der Waals surface area (Å²) in [5.41, 5.74) is 0.988. The Labute approximate surface area is 95.7 Å². The first-order valence-corrected chi connectivity index (χ1v) is 6.78. The lowest BCUT2D eigenvalue weighted by molar-refractivity contribution is 0.174. The largest absolute Gasteiger partial charge is 0.377 e. The van der Waals surface area contributed by atoms with Crippen LogP contribution in [0.15, 0.2) is 6.20 Å². The summed E-state index contributed by atoms with van der Waals surface area (Å²) in [6.07, 6.45) is 2.89. The summed E-state index contributed by atoms with van der Waals surface area (Å²) in [7, 11) is -1.53. The van der Waals surface area contributed by atoms with Gasteiger partial charge in [0.2, 0.25) is 10.0 Å². The minimum Gasteiger partial charge on any atom is -0.377 e. The monoisotopic (exact) mass is 247 g/mol. The Morgan fingerprint density at radius 2 is 2.25 bits per heavy atom. The van der Waals surface area contributed by atoms with Crippen LogP contribution in [0.25, 0.3) is 0 Å². The molecular formula is C9H17N3O3S. The van der Waals surface area contributed by atoms with Crippen LogP contribution in [0.1, 0.15) is 11.5 Å². The minimum atomic E-state index is -3.13. The van der Waals surface area contributed by atoms with Crippen LogP contribution in [-0.4, -0.2) is 37.9 Å². The van der Waals surface area contributed by atoms with E-state index >= 15 is 0 Å².